The molecule has 1 aromatic rings. The van der Waals surface area contributed by atoms with Crippen LogP contribution in [0.2, 0.25) is 0 Å². The van der Waals surface area contributed by atoms with Gasteiger partial charge in [-0.05, 0) is 5.92 Å². The van der Waals surface area contributed by atoms with Gasteiger partial charge in [-0.25, -0.2) is 0 Å². The van der Waals surface area contributed by atoms with Crippen molar-refractivity contribution < 1.29 is 4.79 Å². The number of aryl methyl sites for hydroxylation is 1. The van der Waals surface area contributed by atoms with Crippen molar-refractivity contribution in [2.24, 2.45) is 23.7 Å². The molecule has 4 nitrogen and oxygen atoms in total. The van der Waals surface area contributed by atoms with Crippen LogP contribution in [0.3, 0.4) is 0 Å². The molecule has 0 aromatic carbocycles. The van der Waals surface area contributed by atoms with Crippen LogP contribution < -0.4 is 10.5 Å². The number of hydrogen-bond acceptors (Lipinski definition) is 3. The van der Waals surface area contributed by atoms with E-state index in [2.05, 4.69) is 4.99 Å². The van der Waals surface area contributed by atoms with E-state index < -0.39 is 6.04 Å². The fourth-order valence-electron chi connectivity index (χ4n) is 1.10. The summed E-state index contributed by atoms with van der Waals surface area (Å²) in [5.74, 6) is -0.0612. The smallest absolute Gasteiger partial charge is 0.265 e. The number of amides is 1. The number of carbonyl (C=O) groups is 1. The van der Waals surface area contributed by atoms with Gasteiger partial charge in [-0.15, -0.1) is 23.7 Å². The van der Waals surface area contributed by atoms with E-state index in [-0.39, 0.29) is 24.2 Å². The minimum atomic E-state index is -0.489. The maximum Gasteiger partial charge on any atom is 0.265 e. The summed E-state index contributed by atoms with van der Waals surface area (Å²) in [4.78, 5) is 16.4. The molecule has 6 heteroatoms. The molecule has 2 N–H and O–H groups in total. The molecule has 1 rings (SSSR count). The number of nitrogens with two attached hydrogens (primary N) is 1. The van der Waals surface area contributed by atoms with E-state index in [4.69, 9.17) is 5.73 Å². The predicted octanol–water partition coefficient (Wildman–Crippen LogP) is 1.31. The molecule has 1 aromatic heterocycles. The fourth-order valence-corrected chi connectivity index (χ4v) is 1.84. The Morgan fingerprint density at radius 1 is 1.69 bits per heavy atom. The lowest BCUT2D eigenvalue weighted by molar-refractivity contribution is -0.120. The van der Waals surface area contributed by atoms with Crippen LogP contribution in [-0.4, -0.2) is 16.5 Å². The van der Waals surface area contributed by atoms with Gasteiger partial charge < -0.3 is 10.3 Å². The molecule has 0 aliphatic rings. The van der Waals surface area contributed by atoms with Crippen LogP contribution in [0.4, 0.5) is 0 Å². The summed E-state index contributed by atoms with van der Waals surface area (Å²) in [5.41, 5.74) is 5.79. The number of carbonyl (C=O) groups excluding carboxylic acids is 1. The number of thiazole rings is 1. The molecular formula is C10H18ClN3OS. The summed E-state index contributed by atoms with van der Waals surface area (Å²) in [6.07, 6.45) is 2.75. The highest BCUT2D eigenvalue weighted by Gasteiger charge is 2.18. The summed E-state index contributed by atoms with van der Waals surface area (Å²) < 4.78 is 1.81. The Morgan fingerprint density at radius 3 is 2.75 bits per heavy atom. The minimum Gasteiger partial charge on any atom is -0.327 e. The Labute approximate surface area is 106 Å². The van der Waals surface area contributed by atoms with Crippen LogP contribution in [0.1, 0.15) is 20.3 Å². The first-order valence-electron chi connectivity index (χ1n) is 5.00. The van der Waals surface area contributed by atoms with Crippen LogP contribution in [0, 0.1) is 5.92 Å². The SMILES string of the molecule is CCC(C)C(N)C(=O)N=c1sccn1C.Cl. The first-order valence-corrected chi connectivity index (χ1v) is 5.88. The molecule has 1 heterocycles. The van der Waals surface area contributed by atoms with E-state index in [9.17, 15) is 4.79 Å². The average molecular weight is 264 g/mol. The van der Waals surface area contributed by atoms with Gasteiger partial charge >= 0.3 is 0 Å². The lowest BCUT2D eigenvalue weighted by Gasteiger charge is -2.13. The first kappa shape index (κ1) is 15.3. The van der Waals surface area contributed by atoms with Gasteiger partial charge in [-0.1, -0.05) is 20.3 Å². The van der Waals surface area contributed by atoms with Crippen molar-refractivity contribution in [2.75, 3.05) is 0 Å². The third-order valence-corrected chi connectivity index (χ3v) is 3.36. The normalized spacial score (nSPS) is 15.4. The second kappa shape index (κ2) is 6.83. The monoisotopic (exact) mass is 263 g/mol. The summed E-state index contributed by atoms with van der Waals surface area (Å²) in [6.45, 7) is 3.98. The average Bonchev–Trinajstić information content (AvgIpc) is 2.62. The Morgan fingerprint density at radius 2 is 2.31 bits per heavy atom. The quantitative estimate of drug-likeness (QED) is 0.894. The van der Waals surface area contributed by atoms with E-state index in [0.29, 0.717) is 4.80 Å². The third-order valence-electron chi connectivity index (χ3n) is 2.51. The zero-order valence-electron chi connectivity index (χ0n) is 9.71. The molecule has 0 spiro atoms. The Balaban J connectivity index is 0.00000225. The summed E-state index contributed by atoms with van der Waals surface area (Å²) in [7, 11) is 1.86. The molecule has 0 bridgehead atoms. The van der Waals surface area contributed by atoms with Crippen molar-refractivity contribution in [1.82, 2.24) is 4.57 Å². The Bertz CT molecular complexity index is 399. The lowest BCUT2D eigenvalue weighted by atomic mass is 10.00. The molecule has 0 fully saturated rings. The minimum absolute atomic E-state index is 0. The summed E-state index contributed by atoms with van der Waals surface area (Å²) in [6, 6.07) is -0.489. The van der Waals surface area contributed by atoms with Gasteiger partial charge in [0.1, 0.15) is 0 Å². The van der Waals surface area contributed by atoms with Crippen LogP contribution >= 0.6 is 23.7 Å². The molecular weight excluding hydrogens is 246 g/mol. The molecule has 0 aliphatic heterocycles. The van der Waals surface area contributed by atoms with Crippen molar-refractivity contribution in [1.29, 1.82) is 0 Å². The zero-order chi connectivity index (χ0) is 11.4. The van der Waals surface area contributed by atoms with Crippen molar-refractivity contribution in [3.63, 3.8) is 0 Å². The number of hydrogen-bond donors (Lipinski definition) is 1. The van der Waals surface area contributed by atoms with Crippen LogP contribution in [0.25, 0.3) is 0 Å². The molecule has 2 atom stereocenters. The van der Waals surface area contributed by atoms with Crippen molar-refractivity contribution in [2.45, 2.75) is 26.3 Å². The second-order valence-electron chi connectivity index (χ2n) is 3.66. The topological polar surface area (TPSA) is 60.4 Å². The predicted molar refractivity (Wildman–Crippen MR) is 68.5 cm³/mol. The van der Waals surface area contributed by atoms with Crippen LogP contribution in [-0.2, 0) is 11.8 Å². The standard InChI is InChI=1S/C10H17N3OS.ClH/c1-4-7(2)8(11)9(14)12-10-13(3)5-6-15-10;/h5-8H,4,11H2,1-3H3;1H. The second-order valence-corrected chi connectivity index (χ2v) is 4.53. The fraction of sp³-hybridized carbons (Fsp3) is 0.600. The van der Waals surface area contributed by atoms with E-state index in [1.807, 2.05) is 37.0 Å². The zero-order valence-corrected chi connectivity index (χ0v) is 11.3. The maximum absolute atomic E-state index is 11.7. The molecule has 2 unspecified atom stereocenters. The highest BCUT2D eigenvalue weighted by atomic mass is 35.5. The molecule has 92 valence electrons. The van der Waals surface area contributed by atoms with E-state index in [1.54, 1.807) is 0 Å². The van der Waals surface area contributed by atoms with Gasteiger partial charge in [-0.2, -0.15) is 4.99 Å². The van der Waals surface area contributed by atoms with E-state index in [1.165, 1.54) is 11.3 Å². The molecule has 16 heavy (non-hydrogen) atoms. The lowest BCUT2D eigenvalue weighted by Crippen LogP contribution is -2.36. The number of rotatable bonds is 3. The van der Waals surface area contributed by atoms with Gasteiger partial charge in [0.2, 0.25) is 0 Å². The highest BCUT2D eigenvalue weighted by Crippen LogP contribution is 2.06. The van der Waals surface area contributed by atoms with E-state index >= 15 is 0 Å². The molecule has 0 radical (unpaired) electrons. The van der Waals surface area contributed by atoms with E-state index in [0.717, 1.165) is 6.42 Å². The maximum atomic E-state index is 11.7. The van der Waals surface area contributed by atoms with Gasteiger partial charge in [0.25, 0.3) is 5.91 Å². The summed E-state index contributed by atoms with van der Waals surface area (Å²) >= 11 is 1.43. The molecule has 0 saturated carbocycles. The van der Waals surface area contributed by atoms with Gasteiger partial charge in [0.05, 0.1) is 6.04 Å². The largest absolute Gasteiger partial charge is 0.327 e. The summed E-state index contributed by atoms with van der Waals surface area (Å²) in [5, 5.41) is 1.89. The van der Waals surface area contributed by atoms with Crippen LogP contribution in [0.15, 0.2) is 16.6 Å². The van der Waals surface area contributed by atoms with Crippen molar-refractivity contribution >= 4 is 29.7 Å². The van der Waals surface area contributed by atoms with Gasteiger partial charge in [0, 0.05) is 18.6 Å². The van der Waals surface area contributed by atoms with Gasteiger partial charge in [-0.3, -0.25) is 4.79 Å². The molecule has 0 aliphatic carbocycles. The number of nitrogens with zero attached hydrogens (tertiary/aromatic N) is 2. The Hall–Kier alpha value is -0.650. The van der Waals surface area contributed by atoms with Crippen molar-refractivity contribution in [3.8, 4) is 0 Å². The Kier molecular flexibility index (Phi) is 6.55. The van der Waals surface area contributed by atoms with Gasteiger partial charge in [0.15, 0.2) is 4.80 Å². The van der Waals surface area contributed by atoms with Crippen molar-refractivity contribution in [3.05, 3.63) is 16.4 Å². The number of aromatic nitrogens is 1. The molecule has 1 amide bonds. The van der Waals surface area contributed by atoms with Crippen LogP contribution in [0.5, 0.6) is 0 Å². The molecule has 0 saturated heterocycles. The highest BCUT2D eigenvalue weighted by molar-refractivity contribution is 7.07. The first-order chi connectivity index (χ1) is 7.06. The third kappa shape index (κ3) is 3.73. The number of halogens is 1.